The molecule has 0 aliphatic heterocycles. The summed E-state index contributed by atoms with van der Waals surface area (Å²) < 4.78 is 11.4. The van der Waals surface area contributed by atoms with Gasteiger partial charge in [-0.15, -0.1) is 0 Å². The minimum atomic E-state index is -0.361. The Morgan fingerprint density at radius 1 is 1.27 bits per heavy atom. The number of carbonyl (C=O) groups excluding carboxylic acids is 1. The van der Waals surface area contributed by atoms with Crippen LogP contribution in [0.5, 0.6) is 5.75 Å². The maximum atomic E-state index is 12.4. The maximum absolute atomic E-state index is 12.4. The number of amides is 1. The van der Waals surface area contributed by atoms with Crippen LogP contribution >= 0.6 is 15.9 Å². The van der Waals surface area contributed by atoms with Crippen LogP contribution in [0.1, 0.15) is 10.6 Å². The number of fused-ring (bicyclic) bond motifs is 1. The van der Waals surface area contributed by atoms with Gasteiger partial charge in [0, 0.05) is 21.6 Å². The molecule has 0 radical (unpaired) electrons. The van der Waals surface area contributed by atoms with Crippen molar-refractivity contribution < 1.29 is 13.9 Å². The molecule has 0 unspecified atom stereocenters. The number of hydrogen-bond acceptors (Lipinski definition) is 4. The zero-order chi connectivity index (χ0) is 15.7. The van der Waals surface area contributed by atoms with Gasteiger partial charge in [0.2, 0.25) is 0 Å². The molecule has 1 amide bonds. The monoisotopic (exact) mass is 360 g/mol. The number of nitrogens with two attached hydrogens (primary N) is 1. The number of hydrogen-bond donors (Lipinski definition) is 2. The highest BCUT2D eigenvalue weighted by atomic mass is 79.9. The van der Waals surface area contributed by atoms with E-state index in [9.17, 15) is 4.79 Å². The number of anilines is 2. The zero-order valence-electron chi connectivity index (χ0n) is 11.7. The largest absolute Gasteiger partial charge is 0.494 e. The summed E-state index contributed by atoms with van der Waals surface area (Å²) >= 11 is 3.37. The molecule has 3 aromatic rings. The predicted octanol–water partition coefficient (Wildman–Crippen LogP) is 4.04. The molecule has 1 heterocycles. The summed E-state index contributed by atoms with van der Waals surface area (Å²) in [4.78, 5) is 12.4. The number of halogens is 1. The molecule has 0 saturated carbocycles. The summed E-state index contributed by atoms with van der Waals surface area (Å²) in [5.74, 6) is 0.336. The number of methoxy groups -OCH3 is 1. The number of furan rings is 1. The fourth-order valence-corrected chi connectivity index (χ4v) is 2.71. The van der Waals surface area contributed by atoms with Crippen LogP contribution in [-0.2, 0) is 0 Å². The molecule has 0 atom stereocenters. The normalized spacial score (nSPS) is 10.6. The summed E-state index contributed by atoms with van der Waals surface area (Å²) in [5.41, 5.74) is 7.45. The molecule has 6 heteroatoms. The van der Waals surface area contributed by atoms with Gasteiger partial charge in [-0.2, -0.15) is 0 Å². The highest BCUT2D eigenvalue weighted by Crippen LogP contribution is 2.35. The number of para-hydroxylation sites is 1. The van der Waals surface area contributed by atoms with Gasteiger partial charge in [0.25, 0.3) is 5.91 Å². The number of nitrogens with one attached hydrogen (secondary N) is 1. The molecule has 5 nitrogen and oxygen atoms in total. The third kappa shape index (κ3) is 2.65. The highest BCUT2D eigenvalue weighted by Gasteiger charge is 2.17. The molecule has 3 N–H and O–H groups in total. The van der Waals surface area contributed by atoms with Gasteiger partial charge in [-0.1, -0.05) is 18.2 Å². The van der Waals surface area contributed by atoms with Crippen LogP contribution in [0, 0.1) is 0 Å². The number of carbonyl (C=O) groups is 1. The Labute approximate surface area is 135 Å². The Balaban J connectivity index is 1.94. The van der Waals surface area contributed by atoms with Crippen molar-refractivity contribution in [2.45, 2.75) is 0 Å². The van der Waals surface area contributed by atoms with Crippen molar-refractivity contribution in [3.05, 3.63) is 52.7 Å². The second-order valence-electron chi connectivity index (χ2n) is 4.68. The Kier molecular flexibility index (Phi) is 3.77. The Morgan fingerprint density at radius 2 is 2.05 bits per heavy atom. The Bertz CT molecular complexity index is 825. The van der Waals surface area contributed by atoms with Gasteiger partial charge in [-0.3, -0.25) is 4.79 Å². The SMILES string of the molecule is COc1cc(N)cc(Br)c1NC(=O)c1cc2ccccc2o1. The number of benzene rings is 2. The third-order valence-electron chi connectivity index (χ3n) is 3.18. The first-order valence-corrected chi connectivity index (χ1v) is 7.30. The van der Waals surface area contributed by atoms with Crippen molar-refractivity contribution in [3.63, 3.8) is 0 Å². The van der Waals surface area contributed by atoms with Crippen molar-refractivity contribution in [1.82, 2.24) is 0 Å². The van der Waals surface area contributed by atoms with E-state index in [2.05, 4.69) is 21.2 Å². The first kappa shape index (κ1) is 14.5. The zero-order valence-corrected chi connectivity index (χ0v) is 13.3. The van der Waals surface area contributed by atoms with Crippen LogP contribution in [0.4, 0.5) is 11.4 Å². The average molecular weight is 361 g/mol. The number of ether oxygens (including phenoxy) is 1. The first-order valence-electron chi connectivity index (χ1n) is 6.51. The van der Waals surface area contributed by atoms with Crippen molar-refractivity contribution in [2.24, 2.45) is 0 Å². The van der Waals surface area contributed by atoms with Crippen LogP contribution in [-0.4, -0.2) is 13.0 Å². The lowest BCUT2D eigenvalue weighted by atomic mass is 10.2. The molecule has 0 fully saturated rings. The molecule has 0 aliphatic carbocycles. The van der Waals surface area contributed by atoms with Crippen LogP contribution in [0.2, 0.25) is 0 Å². The van der Waals surface area contributed by atoms with E-state index in [1.165, 1.54) is 7.11 Å². The molecule has 0 spiro atoms. The average Bonchev–Trinajstić information content (AvgIpc) is 2.93. The van der Waals surface area contributed by atoms with Crippen LogP contribution in [0.3, 0.4) is 0 Å². The summed E-state index contributed by atoms with van der Waals surface area (Å²) in [5, 5.41) is 3.65. The van der Waals surface area contributed by atoms with Gasteiger partial charge < -0.3 is 20.2 Å². The minimum absolute atomic E-state index is 0.229. The van der Waals surface area contributed by atoms with Crippen molar-refractivity contribution in [1.29, 1.82) is 0 Å². The fraction of sp³-hybridized carbons (Fsp3) is 0.0625. The number of rotatable bonds is 3. The summed E-state index contributed by atoms with van der Waals surface area (Å²) in [7, 11) is 1.51. The minimum Gasteiger partial charge on any atom is -0.494 e. The van der Waals surface area contributed by atoms with E-state index in [0.29, 0.717) is 27.2 Å². The van der Waals surface area contributed by atoms with Crippen LogP contribution in [0.25, 0.3) is 11.0 Å². The van der Waals surface area contributed by atoms with E-state index in [1.807, 2.05) is 24.3 Å². The van der Waals surface area contributed by atoms with E-state index in [-0.39, 0.29) is 11.7 Å². The quantitative estimate of drug-likeness (QED) is 0.691. The van der Waals surface area contributed by atoms with Gasteiger partial charge in [0.1, 0.15) is 11.3 Å². The molecule has 0 aliphatic rings. The molecule has 3 rings (SSSR count). The van der Waals surface area contributed by atoms with Gasteiger partial charge in [0.05, 0.1) is 12.8 Å². The van der Waals surface area contributed by atoms with E-state index in [0.717, 1.165) is 5.39 Å². The Morgan fingerprint density at radius 3 is 2.77 bits per heavy atom. The van der Waals surface area contributed by atoms with Crippen molar-refractivity contribution in [3.8, 4) is 5.75 Å². The molecule has 22 heavy (non-hydrogen) atoms. The molecule has 2 aromatic carbocycles. The Hall–Kier alpha value is -2.47. The lowest BCUT2D eigenvalue weighted by molar-refractivity contribution is 0.0998. The first-order chi connectivity index (χ1) is 10.6. The van der Waals surface area contributed by atoms with Gasteiger partial charge in [-0.25, -0.2) is 0 Å². The van der Waals surface area contributed by atoms with E-state index >= 15 is 0 Å². The fourth-order valence-electron chi connectivity index (χ4n) is 2.15. The number of nitrogen functional groups attached to an aromatic ring is 1. The topological polar surface area (TPSA) is 77.5 Å². The molecular weight excluding hydrogens is 348 g/mol. The van der Waals surface area contributed by atoms with E-state index in [4.69, 9.17) is 14.9 Å². The standard InChI is InChI=1S/C16H13BrN2O3/c1-21-13-8-10(18)7-11(17)15(13)19-16(20)14-6-9-4-2-3-5-12(9)22-14/h2-8H,18H2,1H3,(H,19,20). The van der Waals surface area contributed by atoms with Crippen LogP contribution in [0.15, 0.2) is 51.4 Å². The summed E-state index contributed by atoms with van der Waals surface area (Å²) in [6.45, 7) is 0. The molecular formula is C16H13BrN2O3. The molecule has 112 valence electrons. The van der Waals surface area contributed by atoms with E-state index < -0.39 is 0 Å². The summed E-state index contributed by atoms with van der Waals surface area (Å²) in [6.07, 6.45) is 0. The molecule has 1 aromatic heterocycles. The van der Waals surface area contributed by atoms with Gasteiger partial charge >= 0.3 is 0 Å². The van der Waals surface area contributed by atoms with Gasteiger partial charge in [-0.05, 0) is 34.1 Å². The maximum Gasteiger partial charge on any atom is 0.291 e. The third-order valence-corrected chi connectivity index (χ3v) is 3.81. The van der Waals surface area contributed by atoms with Crippen molar-refractivity contribution in [2.75, 3.05) is 18.2 Å². The van der Waals surface area contributed by atoms with Crippen molar-refractivity contribution >= 4 is 44.2 Å². The molecule has 0 saturated heterocycles. The second-order valence-corrected chi connectivity index (χ2v) is 5.54. The summed E-state index contributed by atoms with van der Waals surface area (Å²) in [6, 6.07) is 12.5. The second kappa shape index (κ2) is 5.73. The predicted molar refractivity (Wildman–Crippen MR) is 89.3 cm³/mol. The van der Waals surface area contributed by atoms with E-state index in [1.54, 1.807) is 18.2 Å². The smallest absolute Gasteiger partial charge is 0.291 e. The lowest BCUT2D eigenvalue weighted by Gasteiger charge is -2.12. The van der Waals surface area contributed by atoms with Crippen LogP contribution < -0.4 is 15.8 Å². The molecule has 0 bridgehead atoms. The van der Waals surface area contributed by atoms with Gasteiger partial charge in [0.15, 0.2) is 5.76 Å². The highest BCUT2D eigenvalue weighted by molar-refractivity contribution is 9.10. The lowest BCUT2D eigenvalue weighted by Crippen LogP contribution is -2.12.